The lowest BCUT2D eigenvalue weighted by Gasteiger charge is -2.37. The summed E-state index contributed by atoms with van der Waals surface area (Å²) in [5.41, 5.74) is 1.07. The van der Waals surface area contributed by atoms with Crippen LogP contribution in [0.5, 0.6) is 0 Å². The van der Waals surface area contributed by atoms with Gasteiger partial charge in [-0.1, -0.05) is 12.1 Å². The summed E-state index contributed by atoms with van der Waals surface area (Å²) in [5, 5.41) is 14.5. The highest BCUT2D eigenvalue weighted by Gasteiger charge is 2.29. The Kier molecular flexibility index (Phi) is 6.32. The van der Waals surface area contributed by atoms with Crippen LogP contribution in [0.15, 0.2) is 52.6 Å². The first-order chi connectivity index (χ1) is 16.0. The third-order valence-electron chi connectivity index (χ3n) is 5.88. The first-order valence-electron chi connectivity index (χ1n) is 11.5. The van der Waals surface area contributed by atoms with Crippen molar-refractivity contribution in [3.8, 4) is 0 Å². The summed E-state index contributed by atoms with van der Waals surface area (Å²) in [7, 11) is 0. The van der Waals surface area contributed by atoms with E-state index in [0.29, 0.717) is 35.4 Å². The van der Waals surface area contributed by atoms with Gasteiger partial charge in [0.1, 0.15) is 23.2 Å². The van der Waals surface area contributed by atoms with Gasteiger partial charge in [-0.15, -0.1) is 0 Å². The smallest absolute Gasteiger partial charge is 0.196 e. The van der Waals surface area contributed by atoms with Crippen LogP contribution in [-0.2, 0) is 11.2 Å². The van der Waals surface area contributed by atoms with Gasteiger partial charge >= 0.3 is 0 Å². The normalized spacial score (nSPS) is 20.6. The minimum absolute atomic E-state index is 0.298. The fraction of sp³-hybridized carbons (Fsp3) is 0.417. The molecule has 33 heavy (non-hydrogen) atoms. The van der Waals surface area contributed by atoms with Crippen molar-refractivity contribution in [1.82, 2.24) is 25.5 Å². The molecule has 2 atom stereocenters. The van der Waals surface area contributed by atoms with Gasteiger partial charge in [0.05, 0.1) is 6.20 Å². The molecule has 172 valence electrons. The first kappa shape index (κ1) is 21.9. The third-order valence-corrected chi connectivity index (χ3v) is 6.75. The van der Waals surface area contributed by atoms with E-state index >= 15 is 0 Å². The van der Waals surface area contributed by atoms with Crippen LogP contribution in [0.4, 0.5) is 17.5 Å². The minimum Gasteiger partial charge on any atom is -0.353 e. The number of nitrogens with one attached hydrogen (secondary N) is 3. The van der Waals surface area contributed by atoms with E-state index < -0.39 is 0 Å². The molecule has 1 aromatic carbocycles. The lowest BCUT2D eigenvalue weighted by molar-refractivity contribution is -0.119. The number of ketones is 1. The molecule has 2 aromatic heterocycles. The molecule has 0 spiro atoms. The molecule has 2 aliphatic rings. The molecular weight excluding hydrogens is 434 g/mol. The van der Waals surface area contributed by atoms with Crippen LogP contribution < -0.4 is 15.5 Å². The highest BCUT2D eigenvalue weighted by Crippen LogP contribution is 2.32. The number of nitrogens with zero attached hydrogens (tertiary/aromatic N) is 4. The van der Waals surface area contributed by atoms with Crippen LogP contribution >= 0.6 is 11.8 Å². The van der Waals surface area contributed by atoms with E-state index in [2.05, 4.69) is 39.6 Å². The molecule has 5 rings (SSSR count). The van der Waals surface area contributed by atoms with E-state index in [9.17, 15) is 4.79 Å². The second-order valence-corrected chi connectivity index (χ2v) is 10.1. The summed E-state index contributed by atoms with van der Waals surface area (Å²) in [6.45, 7) is 6.16. The maximum Gasteiger partial charge on any atom is 0.196 e. The quantitative estimate of drug-likeness (QED) is 0.434. The number of carbonyl (C=O) groups is 1. The Morgan fingerprint density at radius 1 is 1.12 bits per heavy atom. The van der Waals surface area contributed by atoms with Gasteiger partial charge in [0.2, 0.25) is 0 Å². The zero-order chi connectivity index (χ0) is 22.8. The largest absolute Gasteiger partial charge is 0.353 e. The lowest BCUT2D eigenvalue weighted by Crippen LogP contribution is -2.54. The number of Topliss-reactive ketones (excluding diaryl/α,β-unsaturated/α-hetero) is 1. The topological polar surface area (TPSA) is 98.8 Å². The Hall–Kier alpha value is -2.91. The second kappa shape index (κ2) is 9.52. The van der Waals surface area contributed by atoms with E-state index in [1.807, 2.05) is 36.4 Å². The molecule has 3 aromatic rings. The summed E-state index contributed by atoms with van der Waals surface area (Å²) in [6, 6.07) is 12.8. The first-order valence-corrected chi connectivity index (χ1v) is 12.3. The number of aromatic nitrogens is 4. The number of carbonyl (C=O) groups excluding carboxylic acids is 1. The van der Waals surface area contributed by atoms with Crippen molar-refractivity contribution < 1.29 is 4.79 Å². The van der Waals surface area contributed by atoms with Gasteiger partial charge in [0.15, 0.2) is 5.16 Å². The highest BCUT2D eigenvalue weighted by atomic mass is 32.2. The SMILES string of the molecule is C[C@@H]1CN(c2cc(Nc3ccn[nH]3)nc(Sc3ccc(CC(=O)C4CC4)cc3)n2)C[C@H](C)N1. The average molecular weight is 464 g/mol. The van der Waals surface area contributed by atoms with Gasteiger partial charge in [0, 0.05) is 54.5 Å². The van der Waals surface area contributed by atoms with E-state index in [1.165, 1.54) is 11.8 Å². The minimum atomic E-state index is 0.298. The van der Waals surface area contributed by atoms with Gasteiger partial charge in [-0.2, -0.15) is 5.10 Å². The van der Waals surface area contributed by atoms with Crippen molar-refractivity contribution in [2.24, 2.45) is 5.92 Å². The van der Waals surface area contributed by atoms with E-state index in [-0.39, 0.29) is 0 Å². The number of aromatic amines is 1. The molecular formula is C24H29N7OS. The van der Waals surface area contributed by atoms with E-state index in [0.717, 1.165) is 53.8 Å². The number of hydrogen-bond donors (Lipinski definition) is 3. The third kappa shape index (κ3) is 5.72. The van der Waals surface area contributed by atoms with Crippen LogP contribution in [0.1, 0.15) is 32.3 Å². The summed E-state index contributed by atoms with van der Waals surface area (Å²) in [4.78, 5) is 25.1. The maximum absolute atomic E-state index is 12.1. The fourth-order valence-electron chi connectivity index (χ4n) is 4.19. The van der Waals surface area contributed by atoms with Gasteiger partial charge in [-0.3, -0.25) is 9.89 Å². The number of piperazine rings is 1. The Morgan fingerprint density at radius 3 is 2.55 bits per heavy atom. The van der Waals surface area contributed by atoms with Crippen LogP contribution in [0, 0.1) is 5.92 Å². The van der Waals surface area contributed by atoms with E-state index in [1.54, 1.807) is 6.20 Å². The molecule has 2 fully saturated rings. The van der Waals surface area contributed by atoms with Crippen molar-refractivity contribution in [3.63, 3.8) is 0 Å². The van der Waals surface area contributed by atoms with Gasteiger partial charge in [-0.05, 0) is 56.1 Å². The Morgan fingerprint density at radius 2 is 1.88 bits per heavy atom. The number of H-pyrrole nitrogens is 1. The second-order valence-electron chi connectivity index (χ2n) is 9.03. The van der Waals surface area contributed by atoms with Crippen LogP contribution in [-0.4, -0.2) is 51.1 Å². The monoisotopic (exact) mass is 463 g/mol. The van der Waals surface area contributed by atoms with Gasteiger partial charge < -0.3 is 15.5 Å². The molecule has 1 aliphatic carbocycles. The number of benzene rings is 1. The standard InChI is InChI=1S/C24H29N7OS/c1-15-13-31(14-16(2)26-15)23-12-22(27-21-9-10-25-30-21)28-24(29-23)33-19-7-3-17(4-8-19)11-20(32)18-5-6-18/h3-4,7-10,12,15-16,18,26H,5-6,11,13-14H2,1-2H3,(H2,25,27,28,29,30)/t15-,16+. The fourth-order valence-corrected chi connectivity index (χ4v) is 4.96. The van der Waals surface area contributed by atoms with Crippen LogP contribution in [0.3, 0.4) is 0 Å². The zero-order valence-electron chi connectivity index (χ0n) is 18.9. The average Bonchev–Trinajstić information content (AvgIpc) is 3.52. The highest BCUT2D eigenvalue weighted by molar-refractivity contribution is 7.99. The van der Waals surface area contributed by atoms with Gasteiger partial charge in [-0.25, -0.2) is 9.97 Å². The Labute approximate surface area is 198 Å². The summed E-state index contributed by atoms with van der Waals surface area (Å²) >= 11 is 1.53. The molecule has 0 bridgehead atoms. The van der Waals surface area contributed by atoms with Crippen molar-refractivity contribution in [2.75, 3.05) is 23.3 Å². The number of rotatable bonds is 8. The summed E-state index contributed by atoms with van der Waals surface area (Å²) < 4.78 is 0. The molecule has 0 radical (unpaired) electrons. The van der Waals surface area contributed by atoms with E-state index in [4.69, 9.17) is 9.97 Å². The molecule has 1 aliphatic heterocycles. The molecule has 0 amide bonds. The van der Waals surface area contributed by atoms with Gasteiger partial charge in [0.25, 0.3) is 0 Å². The molecule has 3 heterocycles. The van der Waals surface area contributed by atoms with Crippen molar-refractivity contribution in [1.29, 1.82) is 0 Å². The molecule has 9 heteroatoms. The maximum atomic E-state index is 12.1. The van der Waals surface area contributed by atoms with Crippen molar-refractivity contribution >= 4 is 35.0 Å². The van der Waals surface area contributed by atoms with Crippen LogP contribution in [0.2, 0.25) is 0 Å². The molecule has 0 unspecified atom stereocenters. The molecule has 1 saturated heterocycles. The number of anilines is 3. The predicted octanol–water partition coefficient (Wildman–Crippen LogP) is 3.80. The number of hydrogen-bond acceptors (Lipinski definition) is 8. The van der Waals surface area contributed by atoms with Crippen molar-refractivity contribution in [3.05, 3.63) is 48.2 Å². The molecule has 1 saturated carbocycles. The van der Waals surface area contributed by atoms with Crippen LogP contribution in [0.25, 0.3) is 0 Å². The lowest BCUT2D eigenvalue weighted by atomic mass is 10.1. The Bertz CT molecular complexity index is 1090. The molecule has 3 N–H and O–H groups in total. The summed E-state index contributed by atoms with van der Waals surface area (Å²) in [5.74, 6) is 3.06. The predicted molar refractivity (Wildman–Crippen MR) is 130 cm³/mol. The Balaban J connectivity index is 1.36. The van der Waals surface area contributed by atoms with Crippen molar-refractivity contribution in [2.45, 2.75) is 55.2 Å². The molecule has 8 nitrogen and oxygen atoms in total. The summed E-state index contributed by atoms with van der Waals surface area (Å²) in [6.07, 6.45) is 4.34. The zero-order valence-corrected chi connectivity index (χ0v) is 19.7.